The van der Waals surface area contributed by atoms with Crippen LogP contribution in [-0.4, -0.2) is 0 Å². The molecule has 0 heterocycles. The Morgan fingerprint density at radius 1 is 0.652 bits per heavy atom. The molecule has 0 aliphatic heterocycles. The van der Waals surface area contributed by atoms with E-state index in [0.717, 1.165) is 5.69 Å². The van der Waals surface area contributed by atoms with Gasteiger partial charge in [-0.3, -0.25) is 0 Å². The number of aryl methyl sites for hydroxylation is 1. The molecule has 0 saturated heterocycles. The number of nitrogen functional groups attached to an aromatic ring is 1. The van der Waals surface area contributed by atoms with Gasteiger partial charge in [-0.2, -0.15) is 0 Å². The third-order valence-electron chi connectivity index (χ3n) is 4.89. The first-order valence-corrected chi connectivity index (χ1v) is 10.2. The van der Waals surface area contributed by atoms with E-state index < -0.39 is 0 Å². The van der Waals surface area contributed by atoms with Crippen molar-refractivity contribution in [3.8, 4) is 0 Å². The molecule has 1 nitrogen and oxygen atoms in total. The van der Waals surface area contributed by atoms with Gasteiger partial charge in [-0.25, -0.2) is 0 Å². The summed E-state index contributed by atoms with van der Waals surface area (Å²) >= 11 is 0. The lowest BCUT2D eigenvalue weighted by Crippen LogP contribution is -2.01. The predicted octanol–water partition coefficient (Wildman–Crippen LogP) is 7.07. The molecule has 1 aromatic carbocycles. The van der Waals surface area contributed by atoms with Gasteiger partial charge in [0, 0.05) is 5.69 Å². The zero-order chi connectivity index (χ0) is 16.8. The molecule has 1 rings (SSSR count). The average molecular weight is 318 g/mol. The van der Waals surface area contributed by atoms with E-state index in [1.54, 1.807) is 0 Å². The normalized spacial score (nSPS) is 11.0. The van der Waals surface area contributed by atoms with Crippen LogP contribution >= 0.6 is 0 Å². The van der Waals surface area contributed by atoms with Gasteiger partial charge >= 0.3 is 0 Å². The average Bonchev–Trinajstić information content (AvgIpc) is 2.56. The molecule has 0 radical (unpaired) electrons. The molecule has 0 spiro atoms. The summed E-state index contributed by atoms with van der Waals surface area (Å²) in [5.41, 5.74) is 10.2. The molecule has 0 aliphatic rings. The van der Waals surface area contributed by atoms with Crippen LogP contribution in [0.5, 0.6) is 0 Å². The lowest BCUT2D eigenvalue weighted by atomic mass is 9.95. The molecule has 23 heavy (non-hydrogen) atoms. The smallest absolute Gasteiger partial charge is 0.0349 e. The van der Waals surface area contributed by atoms with Gasteiger partial charge in [-0.1, -0.05) is 90.2 Å². The molecule has 0 saturated carbocycles. The number of hydrogen-bond acceptors (Lipinski definition) is 1. The van der Waals surface area contributed by atoms with Gasteiger partial charge in [0.15, 0.2) is 0 Å². The highest BCUT2D eigenvalue weighted by molar-refractivity contribution is 5.51. The Kier molecular flexibility index (Phi) is 11.7. The molecule has 0 aliphatic carbocycles. The van der Waals surface area contributed by atoms with Crippen LogP contribution in [0.25, 0.3) is 0 Å². The fourth-order valence-electron chi connectivity index (χ4n) is 3.37. The van der Waals surface area contributed by atoms with Crippen LogP contribution in [0.1, 0.15) is 102 Å². The topological polar surface area (TPSA) is 26.0 Å². The zero-order valence-corrected chi connectivity index (χ0v) is 15.7. The summed E-state index contributed by atoms with van der Waals surface area (Å²) < 4.78 is 0. The maximum atomic E-state index is 6.25. The highest BCUT2D eigenvalue weighted by atomic mass is 14.6. The fourth-order valence-corrected chi connectivity index (χ4v) is 3.37. The SMILES string of the molecule is CCCCCCCCc1cccc(N)c1CCCCCCCC. The van der Waals surface area contributed by atoms with Crippen molar-refractivity contribution in [2.24, 2.45) is 0 Å². The molecule has 0 unspecified atom stereocenters. The Morgan fingerprint density at radius 2 is 1.17 bits per heavy atom. The highest BCUT2D eigenvalue weighted by Crippen LogP contribution is 2.22. The summed E-state index contributed by atoms with van der Waals surface area (Å²) in [6.45, 7) is 4.56. The molecule has 0 aromatic heterocycles. The van der Waals surface area contributed by atoms with Crippen LogP contribution in [0.4, 0.5) is 5.69 Å². The molecule has 2 N–H and O–H groups in total. The molecule has 1 heteroatoms. The van der Waals surface area contributed by atoms with Crippen molar-refractivity contribution in [3.05, 3.63) is 29.3 Å². The van der Waals surface area contributed by atoms with E-state index in [-0.39, 0.29) is 0 Å². The fraction of sp³-hybridized carbons (Fsp3) is 0.727. The van der Waals surface area contributed by atoms with Crippen molar-refractivity contribution in [1.82, 2.24) is 0 Å². The van der Waals surface area contributed by atoms with Gasteiger partial charge in [0.1, 0.15) is 0 Å². The van der Waals surface area contributed by atoms with Gasteiger partial charge in [0.05, 0.1) is 0 Å². The Bertz CT molecular complexity index is 397. The molecule has 0 fully saturated rings. The Balaban J connectivity index is 2.33. The van der Waals surface area contributed by atoms with E-state index in [0.29, 0.717) is 0 Å². The van der Waals surface area contributed by atoms with Crippen molar-refractivity contribution in [2.45, 2.75) is 104 Å². The van der Waals surface area contributed by atoms with Gasteiger partial charge < -0.3 is 5.73 Å². The van der Waals surface area contributed by atoms with Crippen LogP contribution in [0.3, 0.4) is 0 Å². The molecule has 0 bridgehead atoms. The molecule has 0 amide bonds. The minimum absolute atomic E-state index is 1.02. The molecule has 132 valence electrons. The minimum Gasteiger partial charge on any atom is -0.398 e. The molecular formula is C22H39N. The third kappa shape index (κ3) is 9.03. The molecule has 1 aromatic rings. The number of hydrogen-bond donors (Lipinski definition) is 1. The van der Waals surface area contributed by atoms with E-state index >= 15 is 0 Å². The van der Waals surface area contributed by atoms with Crippen molar-refractivity contribution in [3.63, 3.8) is 0 Å². The van der Waals surface area contributed by atoms with Crippen molar-refractivity contribution >= 4 is 5.69 Å². The van der Waals surface area contributed by atoms with Crippen LogP contribution in [0.2, 0.25) is 0 Å². The Labute approximate surface area is 145 Å². The summed E-state index contributed by atoms with van der Waals surface area (Å²) in [6.07, 6.45) is 18.7. The minimum atomic E-state index is 1.02. The molecular weight excluding hydrogens is 278 g/mol. The summed E-state index contributed by atoms with van der Waals surface area (Å²) in [7, 11) is 0. The predicted molar refractivity (Wildman–Crippen MR) is 105 cm³/mol. The Morgan fingerprint density at radius 3 is 1.78 bits per heavy atom. The van der Waals surface area contributed by atoms with Crippen LogP contribution < -0.4 is 5.73 Å². The van der Waals surface area contributed by atoms with E-state index in [4.69, 9.17) is 5.73 Å². The van der Waals surface area contributed by atoms with Crippen LogP contribution in [-0.2, 0) is 12.8 Å². The lowest BCUT2D eigenvalue weighted by molar-refractivity contribution is 0.599. The van der Waals surface area contributed by atoms with Crippen molar-refractivity contribution in [1.29, 1.82) is 0 Å². The van der Waals surface area contributed by atoms with Crippen LogP contribution in [0, 0.1) is 0 Å². The second-order valence-electron chi connectivity index (χ2n) is 7.02. The third-order valence-corrected chi connectivity index (χ3v) is 4.89. The summed E-state index contributed by atoms with van der Waals surface area (Å²) in [6, 6.07) is 6.51. The summed E-state index contributed by atoms with van der Waals surface area (Å²) in [5.74, 6) is 0. The molecule has 0 atom stereocenters. The first-order chi connectivity index (χ1) is 11.3. The van der Waals surface area contributed by atoms with Crippen LogP contribution in [0.15, 0.2) is 18.2 Å². The van der Waals surface area contributed by atoms with Crippen molar-refractivity contribution in [2.75, 3.05) is 5.73 Å². The standard InChI is InChI=1S/C22H39N/c1-3-5-7-9-11-13-16-20-17-15-19-22(23)21(20)18-14-12-10-8-6-4-2/h15,17,19H,3-14,16,18,23H2,1-2H3. The second-order valence-corrected chi connectivity index (χ2v) is 7.02. The number of nitrogens with two attached hydrogens (primary N) is 1. The monoisotopic (exact) mass is 317 g/mol. The number of unbranched alkanes of at least 4 members (excludes halogenated alkanes) is 10. The van der Waals surface area contributed by atoms with E-state index in [1.807, 2.05) is 0 Å². The Hall–Kier alpha value is -0.980. The van der Waals surface area contributed by atoms with Gasteiger partial charge in [0.2, 0.25) is 0 Å². The number of rotatable bonds is 14. The van der Waals surface area contributed by atoms with E-state index in [9.17, 15) is 0 Å². The summed E-state index contributed by atoms with van der Waals surface area (Å²) in [5, 5.41) is 0. The van der Waals surface area contributed by atoms with Gasteiger partial charge in [-0.15, -0.1) is 0 Å². The first kappa shape index (κ1) is 20.1. The number of benzene rings is 1. The second kappa shape index (κ2) is 13.5. The zero-order valence-electron chi connectivity index (χ0n) is 15.7. The van der Waals surface area contributed by atoms with Crippen molar-refractivity contribution < 1.29 is 0 Å². The maximum absolute atomic E-state index is 6.25. The van der Waals surface area contributed by atoms with E-state index in [2.05, 4.69) is 32.0 Å². The number of anilines is 1. The highest BCUT2D eigenvalue weighted by Gasteiger charge is 2.06. The quantitative estimate of drug-likeness (QED) is 0.288. The summed E-state index contributed by atoms with van der Waals surface area (Å²) in [4.78, 5) is 0. The maximum Gasteiger partial charge on any atom is 0.0349 e. The first-order valence-electron chi connectivity index (χ1n) is 10.2. The lowest BCUT2D eigenvalue weighted by Gasteiger charge is -2.12. The van der Waals surface area contributed by atoms with Gasteiger partial charge in [-0.05, 0) is 42.9 Å². The largest absolute Gasteiger partial charge is 0.398 e. The van der Waals surface area contributed by atoms with Gasteiger partial charge in [0.25, 0.3) is 0 Å². The van der Waals surface area contributed by atoms with E-state index in [1.165, 1.54) is 101 Å².